The highest BCUT2D eigenvalue weighted by molar-refractivity contribution is 9.10. The zero-order chi connectivity index (χ0) is 13.1. The van der Waals surface area contributed by atoms with Crippen LogP contribution in [0, 0.1) is 0 Å². The standard InChI is InChI=1S/C13H16BrNO3/c1-15-9-6-10(7-9)18-12-4-3-8(5-11(12)14)13(16)17-2/h3-5,9-10,15H,6-7H2,1-2H3. The monoisotopic (exact) mass is 313 g/mol. The molecule has 0 amide bonds. The van der Waals surface area contributed by atoms with Crippen molar-refractivity contribution in [2.75, 3.05) is 14.2 Å². The van der Waals surface area contributed by atoms with E-state index in [0.717, 1.165) is 23.1 Å². The first-order valence-corrected chi connectivity index (χ1v) is 6.65. The number of ether oxygens (including phenoxy) is 2. The van der Waals surface area contributed by atoms with Gasteiger partial charge in [-0.05, 0) is 54.0 Å². The van der Waals surface area contributed by atoms with Crippen molar-refractivity contribution in [1.82, 2.24) is 5.32 Å². The van der Waals surface area contributed by atoms with E-state index in [1.54, 1.807) is 18.2 Å². The number of methoxy groups -OCH3 is 1. The number of hydrogen-bond donors (Lipinski definition) is 1. The SMILES string of the molecule is CNC1CC(Oc2ccc(C(=O)OC)cc2Br)C1. The van der Waals surface area contributed by atoms with Crippen LogP contribution in [-0.4, -0.2) is 32.3 Å². The minimum absolute atomic E-state index is 0.253. The molecule has 5 heteroatoms. The second kappa shape index (κ2) is 5.71. The summed E-state index contributed by atoms with van der Waals surface area (Å²) in [7, 11) is 3.33. The third kappa shape index (κ3) is 2.84. The van der Waals surface area contributed by atoms with E-state index in [1.165, 1.54) is 7.11 Å². The highest BCUT2D eigenvalue weighted by Gasteiger charge is 2.29. The molecule has 0 saturated heterocycles. The Morgan fingerprint density at radius 1 is 1.44 bits per heavy atom. The van der Waals surface area contributed by atoms with Crippen LogP contribution in [0.15, 0.2) is 22.7 Å². The van der Waals surface area contributed by atoms with Gasteiger partial charge in [-0.2, -0.15) is 0 Å². The average molecular weight is 314 g/mol. The lowest BCUT2D eigenvalue weighted by Crippen LogP contribution is -2.45. The molecule has 1 fully saturated rings. The maximum atomic E-state index is 11.4. The molecule has 1 N–H and O–H groups in total. The molecule has 1 aromatic carbocycles. The summed E-state index contributed by atoms with van der Waals surface area (Å²) in [6.45, 7) is 0. The van der Waals surface area contributed by atoms with Crippen LogP contribution in [0.3, 0.4) is 0 Å². The molecule has 18 heavy (non-hydrogen) atoms. The molecular formula is C13H16BrNO3. The van der Waals surface area contributed by atoms with Gasteiger partial charge >= 0.3 is 5.97 Å². The van der Waals surface area contributed by atoms with Crippen molar-refractivity contribution in [1.29, 1.82) is 0 Å². The Morgan fingerprint density at radius 3 is 2.72 bits per heavy atom. The smallest absolute Gasteiger partial charge is 0.337 e. The normalized spacial score (nSPS) is 22.2. The Kier molecular flexibility index (Phi) is 4.24. The van der Waals surface area contributed by atoms with Crippen LogP contribution >= 0.6 is 15.9 Å². The quantitative estimate of drug-likeness (QED) is 0.867. The van der Waals surface area contributed by atoms with E-state index < -0.39 is 0 Å². The molecule has 0 heterocycles. The molecule has 0 aromatic heterocycles. The molecule has 0 aliphatic heterocycles. The number of nitrogens with one attached hydrogen (secondary N) is 1. The molecule has 1 aliphatic carbocycles. The van der Waals surface area contributed by atoms with Crippen LogP contribution in [0.2, 0.25) is 0 Å². The van der Waals surface area contributed by atoms with Gasteiger partial charge in [0.1, 0.15) is 11.9 Å². The Labute approximate surface area is 115 Å². The lowest BCUT2D eigenvalue weighted by Gasteiger charge is -2.35. The minimum Gasteiger partial charge on any atom is -0.489 e. The van der Waals surface area contributed by atoms with Crippen LogP contribution in [0.4, 0.5) is 0 Å². The number of rotatable bonds is 4. The number of carbonyl (C=O) groups excluding carboxylic acids is 1. The van der Waals surface area contributed by atoms with Gasteiger partial charge in [-0.1, -0.05) is 0 Å². The van der Waals surface area contributed by atoms with Crippen LogP contribution in [0.1, 0.15) is 23.2 Å². The minimum atomic E-state index is -0.346. The van der Waals surface area contributed by atoms with E-state index in [4.69, 9.17) is 4.74 Å². The zero-order valence-corrected chi connectivity index (χ0v) is 12.0. The summed E-state index contributed by atoms with van der Waals surface area (Å²) in [6, 6.07) is 5.78. The van der Waals surface area contributed by atoms with Gasteiger partial charge in [-0.25, -0.2) is 4.79 Å². The predicted molar refractivity (Wildman–Crippen MR) is 72.0 cm³/mol. The summed E-state index contributed by atoms with van der Waals surface area (Å²) in [6.07, 6.45) is 2.28. The van der Waals surface area contributed by atoms with Crippen molar-refractivity contribution in [3.8, 4) is 5.75 Å². The van der Waals surface area contributed by atoms with Crippen LogP contribution < -0.4 is 10.1 Å². The van der Waals surface area contributed by atoms with Crippen LogP contribution in [0.5, 0.6) is 5.75 Å². The van der Waals surface area contributed by atoms with Crippen molar-refractivity contribution in [2.45, 2.75) is 25.0 Å². The van der Waals surface area contributed by atoms with E-state index in [9.17, 15) is 4.79 Å². The number of benzene rings is 1. The predicted octanol–water partition coefficient (Wildman–Crippen LogP) is 2.36. The maximum Gasteiger partial charge on any atom is 0.337 e. The van der Waals surface area contributed by atoms with Crippen molar-refractivity contribution in [3.05, 3.63) is 28.2 Å². The maximum absolute atomic E-state index is 11.4. The summed E-state index contributed by atoms with van der Waals surface area (Å²) in [5.41, 5.74) is 0.512. The van der Waals surface area contributed by atoms with Crippen LogP contribution in [0.25, 0.3) is 0 Å². The van der Waals surface area contributed by atoms with Gasteiger partial charge in [0.05, 0.1) is 17.1 Å². The molecule has 1 aliphatic rings. The van der Waals surface area contributed by atoms with Gasteiger partial charge in [0.15, 0.2) is 0 Å². The second-order valence-electron chi connectivity index (χ2n) is 4.33. The largest absolute Gasteiger partial charge is 0.489 e. The van der Waals surface area contributed by atoms with E-state index in [2.05, 4.69) is 26.0 Å². The second-order valence-corrected chi connectivity index (χ2v) is 5.19. The van der Waals surface area contributed by atoms with Crippen LogP contribution in [-0.2, 0) is 4.74 Å². The zero-order valence-electron chi connectivity index (χ0n) is 10.4. The third-order valence-corrected chi connectivity index (χ3v) is 3.77. The van der Waals surface area contributed by atoms with Crippen molar-refractivity contribution in [3.63, 3.8) is 0 Å². The average Bonchev–Trinajstić information content (AvgIpc) is 2.33. The highest BCUT2D eigenvalue weighted by atomic mass is 79.9. The Bertz CT molecular complexity index is 444. The fourth-order valence-corrected chi connectivity index (χ4v) is 2.39. The first-order chi connectivity index (χ1) is 8.63. The van der Waals surface area contributed by atoms with Gasteiger partial charge in [0.2, 0.25) is 0 Å². The molecule has 1 saturated carbocycles. The fraction of sp³-hybridized carbons (Fsp3) is 0.462. The highest BCUT2D eigenvalue weighted by Crippen LogP contribution is 2.31. The Morgan fingerprint density at radius 2 is 2.17 bits per heavy atom. The van der Waals surface area contributed by atoms with E-state index in [-0.39, 0.29) is 12.1 Å². The molecule has 0 atom stereocenters. The first-order valence-electron chi connectivity index (χ1n) is 5.86. The number of halogens is 1. The Balaban J connectivity index is 2.00. The van der Waals surface area contributed by atoms with Crippen molar-refractivity contribution >= 4 is 21.9 Å². The fourth-order valence-electron chi connectivity index (χ4n) is 1.92. The van der Waals surface area contributed by atoms with Gasteiger partial charge in [-0.3, -0.25) is 0 Å². The van der Waals surface area contributed by atoms with E-state index in [0.29, 0.717) is 11.6 Å². The molecule has 98 valence electrons. The van der Waals surface area contributed by atoms with E-state index >= 15 is 0 Å². The van der Waals surface area contributed by atoms with Gasteiger partial charge in [0, 0.05) is 6.04 Å². The summed E-state index contributed by atoms with van der Waals surface area (Å²) in [5.74, 6) is 0.420. The lowest BCUT2D eigenvalue weighted by molar-refractivity contribution is 0.0600. The molecule has 1 aromatic rings. The molecule has 0 bridgehead atoms. The molecule has 2 rings (SSSR count). The number of esters is 1. The molecule has 0 spiro atoms. The van der Waals surface area contributed by atoms with E-state index in [1.807, 2.05) is 7.05 Å². The molecular weight excluding hydrogens is 298 g/mol. The van der Waals surface area contributed by atoms with Gasteiger partial charge < -0.3 is 14.8 Å². The first kappa shape index (κ1) is 13.4. The van der Waals surface area contributed by atoms with Gasteiger partial charge in [0.25, 0.3) is 0 Å². The topological polar surface area (TPSA) is 47.6 Å². The number of hydrogen-bond acceptors (Lipinski definition) is 4. The molecule has 0 radical (unpaired) electrons. The third-order valence-electron chi connectivity index (χ3n) is 3.15. The summed E-state index contributed by atoms with van der Waals surface area (Å²) in [4.78, 5) is 11.4. The van der Waals surface area contributed by atoms with Crippen molar-refractivity contribution in [2.24, 2.45) is 0 Å². The number of carbonyl (C=O) groups is 1. The summed E-state index contributed by atoms with van der Waals surface area (Å²) < 4.78 is 11.3. The van der Waals surface area contributed by atoms with Crippen molar-refractivity contribution < 1.29 is 14.3 Å². The Hall–Kier alpha value is -1.07. The van der Waals surface area contributed by atoms with Gasteiger partial charge in [-0.15, -0.1) is 0 Å². The lowest BCUT2D eigenvalue weighted by atomic mass is 9.89. The molecule has 0 unspecified atom stereocenters. The summed E-state index contributed by atoms with van der Waals surface area (Å²) in [5, 5.41) is 3.21. The summed E-state index contributed by atoms with van der Waals surface area (Å²) >= 11 is 3.41. The molecule has 4 nitrogen and oxygen atoms in total.